The first-order chi connectivity index (χ1) is 10.8. The number of halogens is 1. The number of hydrogen-bond donors (Lipinski definition) is 3. The lowest BCUT2D eigenvalue weighted by Crippen LogP contribution is -2.41. The summed E-state index contributed by atoms with van der Waals surface area (Å²) in [5.74, 6) is 0.581. The second-order valence-electron chi connectivity index (χ2n) is 4.48. The Morgan fingerprint density at radius 1 is 1.26 bits per heavy atom. The van der Waals surface area contributed by atoms with Gasteiger partial charge in [0, 0.05) is 39.1 Å². The molecule has 0 saturated heterocycles. The van der Waals surface area contributed by atoms with Crippen LogP contribution in [0.25, 0.3) is 0 Å². The number of guanidine groups is 1. The number of thiophene rings is 1. The molecule has 0 fully saturated rings. The van der Waals surface area contributed by atoms with Gasteiger partial charge in [-0.05, 0) is 34.5 Å². The maximum atomic E-state index is 11.8. The largest absolute Gasteiger partial charge is 0.355 e. The zero-order valence-corrected chi connectivity index (χ0v) is 15.9. The highest BCUT2D eigenvalue weighted by Gasteiger charge is 2.04. The zero-order chi connectivity index (χ0) is 15.6. The summed E-state index contributed by atoms with van der Waals surface area (Å²) in [5, 5.41) is 13.3. The van der Waals surface area contributed by atoms with Crippen LogP contribution < -0.4 is 16.0 Å². The molecular weight excluding hydrogens is 425 g/mol. The molecule has 0 radical (unpaired) electrons. The number of hydrogen-bond acceptors (Lipinski definition) is 4. The third-order valence-electron chi connectivity index (χ3n) is 2.89. The van der Waals surface area contributed by atoms with Crippen LogP contribution in [0, 0.1) is 0 Å². The number of pyridine rings is 1. The first-order valence-corrected chi connectivity index (χ1v) is 7.87. The molecule has 2 heterocycles. The molecule has 3 N–H and O–H groups in total. The molecule has 0 unspecified atom stereocenters. The fourth-order valence-corrected chi connectivity index (χ4v) is 2.42. The summed E-state index contributed by atoms with van der Waals surface area (Å²) in [6.45, 7) is 1.83. The molecular formula is C15H20IN5OS. The van der Waals surface area contributed by atoms with Gasteiger partial charge in [-0.1, -0.05) is 0 Å². The number of nitrogens with one attached hydrogen (secondary N) is 3. The number of aliphatic imine (C=N–C) groups is 1. The summed E-state index contributed by atoms with van der Waals surface area (Å²) < 4.78 is 0. The Kier molecular flexibility index (Phi) is 9.22. The highest BCUT2D eigenvalue weighted by molar-refractivity contribution is 14.0. The van der Waals surface area contributed by atoms with Gasteiger partial charge in [0.15, 0.2) is 5.96 Å². The van der Waals surface area contributed by atoms with E-state index in [0.717, 1.165) is 6.54 Å². The first kappa shape index (κ1) is 19.4. The van der Waals surface area contributed by atoms with Crippen molar-refractivity contribution in [2.75, 3.05) is 20.1 Å². The Morgan fingerprint density at radius 2 is 2.09 bits per heavy atom. The van der Waals surface area contributed by atoms with Crippen molar-refractivity contribution in [1.29, 1.82) is 0 Å². The topological polar surface area (TPSA) is 78.4 Å². The van der Waals surface area contributed by atoms with Crippen molar-refractivity contribution in [2.24, 2.45) is 4.99 Å². The average molecular weight is 445 g/mol. The summed E-state index contributed by atoms with van der Waals surface area (Å²) in [5.41, 5.74) is 1.78. The lowest BCUT2D eigenvalue weighted by molar-refractivity contribution is 0.0954. The number of aromatic nitrogens is 1. The number of amides is 1. The van der Waals surface area contributed by atoms with E-state index in [1.165, 1.54) is 5.56 Å². The molecule has 124 valence electrons. The van der Waals surface area contributed by atoms with E-state index >= 15 is 0 Å². The third kappa shape index (κ3) is 6.95. The Balaban J connectivity index is 0.00000264. The molecule has 8 heteroatoms. The molecule has 0 saturated carbocycles. The second-order valence-corrected chi connectivity index (χ2v) is 5.26. The van der Waals surface area contributed by atoms with E-state index < -0.39 is 0 Å². The van der Waals surface area contributed by atoms with E-state index in [0.29, 0.717) is 24.6 Å². The maximum absolute atomic E-state index is 11.8. The Bertz CT molecular complexity index is 604. The number of rotatable bonds is 6. The van der Waals surface area contributed by atoms with E-state index in [-0.39, 0.29) is 29.9 Å². The van der Waals surface area contributed by atoms with E-state index in [2.05, 4.69) is 37.4 Å². The molecule has 0 aliphatic heterocycles. The quantitative estimate of drug-likeness (QED) is 0.275. The highest BCUT2D eigenvalue weighted by atomic mass is 127. The maximum Gasteiger partial charge on any atom is 0.252 e. The summed E-state index contributed by atoms with van der Waals surface area (Å²) in [6.07, 6.45) is 3.19. The molecule has 0 aliphatic rings. The average Bonchev–Trinajstić information content (AvgIpc) is 3.08. The van der Waals surface area contributed by atoms with E-state index in [1.807, 2.05) is 5.38 Å². The van der Waals surface area contributed by atoms with Crippen LogP contribution in [0.5, 0.6) is 0 Å². The van der Waals surface area contributed by atoms with Crippen LogP contribution >= 0.6 is 35.3 Å². The third-order valence-corrected chi connectivity index (χ3v) is 3.62. The molecule has 0 atom stereocenters. The van der Waals surface area contributed by atoms with Crippen LogP contribution in [0.1, 0.15) is 15.9 Å². The second kappa shape index (κ2) is 10.9. The molecule has 2 aromatic heterocycles. The van der Waals surface area contributed by atoms with Crippen molar-refractivity contribution in [3.8, 4) is 0 Å². The lowest BCUT2D eigenvalue weighted by atomic mass is 10.3. The minimum Gasteiger partial charge on any atom is -0.355 e. The summed E-state index contributed by atoms with van der Waals surface area (Å²) in [6, 6.07) is 5.54. The van der Waals surface area contributed by atoms with Gasteiger partial charge >= 0.3 is 0 Å². The molecule has 0 aromatic carbocycles. The van der Waals surface area contributed by atoms with Crippen LogP contribution in [0.4, 0.5) is 0 Å². The highest BCUT2D eigenvalue weighted by Crippen LogP contribution is 2.04. The van der Waals surface area contributed by atoms with Crippen molar-refractivity contribution in [1.82, 2.24) is 20.9 Å². The van der Waals surface area contributed by atoms with E-state index in [4.69, 9.17) is 0 Å². The molecule has 0 bridgehead atoms. The Hall–Kier alpha value is -1.68. The Labute approximate surface area is 156 Å². The fraction of sp³-hybridized carbons (Fsp3) is 0.267. The normalized spacial score (nSPS) is 10.6. The van der Waals surface area contributed by atoms with Crippen molar-refractivity contribution >= 4 is 47.2 Å². The molecule has 2 rings (SSSR count). The monoisotopic (exact) mass is 445 g/mol. The van der Waals surface area contributed by atoms with E-state index in [1.54, 1.807) is 42.9 Å². The standard InChI is InChI=1S/C15H19N5OS.HI/c1-16-15(20-9-12-4-8-22-11-12)19-7-6-18-14(21)13-3-2-5-17-10-13;/h2-5,8,10-11H,6-7,9H2,1H3,(H,18,21)(H2,16,19,20);1H. The smallest absolute Gasteiger partial charge is 0.252 e. The van der Waals surface area contributed by atoms with Gasteiger partial charge in [0.25, 0.3) is 5.91 Å². The van der Waals surface area contributed by atoms with Crippen LogP contribution in [0.2, 0.25) is 0 Å². The van der Waals surface area contributed by atoms with Gasteiger partial charge in [-0.25, -0.2) is 0 Å². The predicted molar refractivity (Wildman–Crippen MR) is 105 cm³/mol. The molecule has 1 amide bonds. The number of carbonyl (C=O) groups is 1. The first-order valence-electron chi connectivity index (χ1n) is 6.93. The van der Waals surface area contributed by atoms with Gasteiger partial charge in [0.1, 0.15) is 0 Å². The predicted octanol–water partition coefficient (Wildman–Crippen LogP) is 1.86. The van der Waals surface area contributed by atoms with E-state index in [9.17, 15) is 4.79 Å². The minimum absolute atomic E-state index is 0. The van der Waals surface area contributed by atoms with Crippen molar-refractivity contribution < 1.29 is 4.79 Å². The summed E-state index contributed by atoms with van der Waals surface area (Å²) in [7, 11) is 1.72. The lowest BCUT2D eigenvalue weighted by Gasteiger charge is -2.11. The van der Waals surface area contributed by atoms with Gasteiger partial charge < -0.3 is 16.0 Å². The zero-order valence-electron chi connectivity index (χ0n) is 12.8. The minimum atomic E-state index is -0.129. The molecule has 2 aromatic rings. The fourth-order valence-electron chi connectivity index (χ4n) is 1.76. The van der Waals surface area contributed by atoms with Crippen LogP contribution in [0.3, 0.4) is 0 Å². The number of carbonyl (C=O) groups excluding carboxylic acids is 1. The van der Waals surface area contributed by atoms with Crippen molar-refractivity contribution in [3.05, 3.63) is 52.5 Å². The van der Waals surface area contributed by atoms with Gasteiger partial charge in [0.05, 0.1) is 5.56 Å². The van der Waals surface area contributed by atoms with Gasteiger partial charge in [-0.15, -0.1) is 24.0 Å². The van der Waals surface area contributed by atoms with Crippen LogP contribution in [0.15, 0.2) is 46.3 Å². The number of nitrogens with zero attached hydrogens (tertiary/aromatic N) is 2. The molecule has 0 spiro atoms. The van der Waals surface area contributed by atoms with Crippen molar-refractivity contribution in [2.45, 2.75) is 6.54 Å². The molecule has 23 heavy (non-hydrogen) atoms. The van der Waals surface area contributed by atoms with Crippen LogP contribution in [-0.4, -0.2) is 37.0 Å². The SMILES string of the molecule is CN=C(NCCNC(=O)c1cccnc1)NCc1ccsc1.I. The Morgan fingerprint density at radius 3 is 2.74 bits per heavy atom. The molecule has 6 nitrogen and oxygen atoms in total. The van der Waals surface area contributed by atoms with Crippen molar-refractivity contribution in [3.63, 3.8) is 0 Å². The summed E-state index contributed by atoms with van der Waals surface area (Å²) in [4.78, 5) is 19.9. The van der Waals surface area contributed by atoms with Gasteiger partial charge in [0.2, 0.25) is 0 Å². The van der Waals surface area contributed by atoms with Crippen LogP contribution in [-0.2, 0) is 6.54 Å². The van der Waals surface area contributed by atoms with Gasteiger partial charge in [-0.2, -0.15) is 11.3 Å². The van der Waals surface area contributed by atoms with Gasteiger partial charge in [-0.3, -0.25) is 14.8 Å². The summed E-state index contributed by atoms with van der Waals surface area (Å²) >= 11 is 1.67. The molecule has 0 aliphatic carbocycles.